The van der Waals surface area contributed by atoms with E-state index in [0.29, 0.717) is 12.1 Å². The Morgan fingerprint density at radius 2 is 1.53 bits per heavy atom. The van der Waals surface area contributed by atoms with Crippen molar-refractivity contribution in [2.24, 2.45) is 0 Å². The van der Waals surface area contributed by atoms with Crippen LogP contribution in [-0.2, 0) is 0 Å². The molecule has 15 heavy (non-hydrogen) atoms. The monoisotopic (exact) mass is 221 g/mol. The molecule has 0 aliphatic carbocycles. The molecular formula is C12H20BNS. The first kappa shape index (κ1) is 12.7. The third-order valence-electron chi connectivity index (χ3n) is 2.45. The van der Waals surface area contributed by atoms with Crippen molar-refractivity contribution >= 4 is 18.3 Å². The van der Waals surface area contributed by atoms with Gasteiger partial charge in [-0.15, -0.1) is 0 Å². The molecule has 0 amide bonds. The van der Waals surface area contributed by atoms with E-state index in [1.807, 2.05) is 11.6 Å². The number of hydrogen-bond acceptors (Lipinski definition) is 2. The van der Waals surface area contributed by atoms with Crippen LogP contribution in [0.2, 0.25) is 0 Å². The summed E-state index contributed by atoms with van der Waals surface area (Å²) >= 11 is 1.91. The minimum atomic E-state index is 0.612. The van der Waals surface area contributed by atoms with Crippen molar-refractivity contribution in [3.63, 3.8) is 0 Å². The molecule has 0 saturated carbocycles. The van der Waals surface area contributed by atoms with Gasteiger partial charge >= 0.3 is 0 Å². The van der Waals surface area contributed by atoms with Gasteiger partial charge in [0.1, 0.15) is 0 Å². The van der Waals surface area contributed by atoms with E-state index in [9.17, 15) is 0 Å². The number of hydrogen-bond donors (Lipinski definition) is 0. The molecule has 0 saturated heterocycles. The second-order valence-electron chi connectivity index (χ2n) is 4.29. The molecule has 1 rings (SSSR count). The zero-order valence-electron chi connectivity index (χ0n) is 10.1. The fourth-order valence-electron chi connectivity index (χ4n) is 1.56. The van der Waals surface area contributed by atoms with Crippen LogP contribution < -0.4 is 0 Å². The lowest BCUT2D eigenvalue weighted by Crippen LogP contribution is -2.38. The topological polar surface area (TPSA) is 3.24 Å². The average molecular weight is 221 g/mol. The molecule has 0 unspecified atom stereocenters. The molecule has 82 valence electrons. The summed E-state index contributed by atoms with van der Waals surface area (Å²) in [5, 5.41) is 0. The molecule has 0 aliphatic rings. The van der Waals surface area contributed by atoms with Crippen LogP contribution in [0.5, 0.6) is 0 Å². The van der Waals surface area contributed by atoms with Crippen LogP contribution in [0.4, 0.5) is 0 Å². The molecular weight excluding hydrogens is 201 g/mol. The van der Waals surface area contributed by atoms with E-state index in [4.69, 9.17) is 0 Å². The second kappa shape index (κ2) is 6.24. The van der Waals surface area contributed by atoms with Crippen molar-refractivity contribution in [3.8, 4) is 0 Å². The standard InChI is InChI=1S/C12H20BNS/c1-10(2)14(11(3)4)13-15-12-8-6-5-7-9-12/h5-11,13H,1-4H3. The summed E-state index contributed by atoms with van der Waals surface area (Å²) in [7, 11) is 0. The van der Waals surface area contributed by atoms with Crippen molar-refractivity contribution in [2.75, 3.05) is 0 Å². The Morgan fingerprint density at radius 1 is 1.00 bits per heavy atom. The largest absolute Gasteiger partial charge is 0.331 e. The molecule has 1 aromatic carbocycles. The summed E-state index contributed by atoms with van der Waals surface area (Å²) in [6.45, 7) is 10.1. The molecule has 0 fully saturated rings. The predicted molar refractivity (Wildman–Crippen MR) is 71.6 cm³/mol. The van der Waals surface area contributed by atoms with Gasteiger partial charge in [0.2, 0.25) is 0 Å². The van der Waals surface area contributed by atoms with E-state index >= 15 is 0 Å². The molecule has 0 aliphatic heterocycles. The normalized spacial score (nSPS) is 11.4. The lowest BCUT2D eigenvalue weighted by atomic mass is 10.1. The maximum atomic E-state index is 2.50. The van der Waals surface area contributed by atoms with Crippen LogP contribution in [0.3, 0.4) is 0 Å². The molecule has 0 bridgehead atoms. The Labute approximate surface area is 98.4 Å². The zero-order valence-corrected chi connectivity index (χ0v) is 10.9. The van der Waals surface area contributed by atoms with Crippen LogP contribution in [-0.4, -0.2) is 23.6 Å². The fraction of sp³-hybridized carbons (Fsp3) is 0.500. The molecule has 0 N–H and O–H groups in total. The molecule has 0 spiro atoms. The van der Waals surface area contributed by atoms with Crippen LogP contribution in [0.15, 0.2) is 35.2 Å². The highest BCUT2D eigenvalue weighted by atomic mass is 32.2. The molecule has 3 heteroatoms. The summed E-state index contributed by atoms with van der Waals surface area (Å²) < 4.78 is 0. The summed E-state index contributed by atoms with van der Waals surface area (Å²) in [6.07, 6.45) is 0. The van der Waals surface area contributed by atoms with Gasteiger partial charge in [-0.2, -0.15) is 11.6 Å². The number of benzene rings is 1. The summed E-state index contributed by atoms with van der Waals surface area (Å²) in [5.74, 6) is 0. The van der Waals surface area contributed by atoms with Gasteiger partial charge in [-0.1, -0.05) is 45.9 Å². The minimum Gasteiger partial charge on any atom is -0.331 e. The molecule has 1 nitrogen and oxygen atoms in total. The third kappa shape index (κ3) is 4.31. The first-order valence-corrected chi connectivity index (χ1v) is 6.53. The fourth-order valence-corrected chi connectivity index (χ4v) is 2.80. The third-order valence-corrected chi connectivity index (χ3v) is 3.48. The molecule has 1 aromatic rings. The van der Waals surface area contributed by atoms with E-state index in [2.05, 4.69) is 62.8 Å². The van der Waals surface area contributed by atoms with E-state index in [1.54, 1.807) is 0 Å². The van der Waals surface area contributed by atoms with E-state index in [1.165, 1.54) is 4.90 Å². The highest BCUT2D eigenvalue weighted by Gasteiger charge is 2.14. The van der Waals surface area contributed by atoms with E-state index in [0.717, 1.165) is 6.69 Å². The summed E-state index contributed by atoms with van der Waals surface area (Å²) in [4.78, 5) is 3.85. The van der Waals surface area contributed by atoms with Crippen molar-refractivity contribution in [1.29, 1.82) is 0 Å². The van der Waals surface area contributed by atoms with E-state index in [-0.39, 0.29) is 0 Å². The van der Waals surface area contributed by atoms with Gasteiger partial charge in [0.05, 0.1) is 0 Å². The van der Waals surface area contributed by atoms with Crippen molar-refractivity contribution in [1.82, 2.24) is 4.81 Å². The maximum absolute atomic E-state index is 2.50. The van der Waals surface area contributed by atoms with Crippen LogP contribution in [0.1, 0.15) is 27.7 Å². The highest BCUT2D eigenvalue weighted by molar-refractivity contribution is 8.22. The maximum Gasteiger partial charge on any atom is 0.279 e. The molecule has 0 aromatic heterocycles. The molecule has 0 heterocycles. The predicted octanol–water partition coefficient (Wildman–Crippen LogP) is 3.16. The Bertz CT molecular complexity index is 266. The van der Waals surface area contributed by atoms with Gasteiger partial charge in [-0.05, 0) is 29.1 Å². The zero-order chi connectivity index (χ0) is 11.3. The summed E-state index contributed by atoms with van der Waals surface area (Å²) in [5.41, 5.74) is 0. The van der Waals surface area contributed by atoms with Crippen LogP contribution in [0.25, 0.3) is 0 Å². The van der Waals surface area contributed by atoms with Crippen molar-refractivity contribution < 1.29 is 0 Å². The quantitative estimate of drug-likeness (QED) is 0.702. The van der Waals surface area contributed by atoms with Crippen LogP contribution in [0, 0.1) is 0 Å². The molecule has 0 radical (unpaired) electrons. The van der Waals surface area contributed by atoms with Crippen LogP contribution >= 0.6 is 11.6 Å². The lowest BCUT2D eigenvalue weighted by molar-refractivity contribution is 0.318. The van der Waals surface area contributed by atoms with Gasteiger partial charge in [0, 0.05) is 0 Å². The molecule has 0 atom stereocenters. The first-order chi connectivity index (χ1) is 7.11. The second-order valence-corrected chi connectivity index (χ2v) is 5.31. The number of rotatable bonds is 5. The lowest BCUT2D eigenvalue weighted by Gasteiger charge is -2.29. The van der Waals surface area contributed by atoms with Gasteiger partial charge in [0.25, 0.3) is 6.69 Å². The summed E-state index contributed by atoms with van der Waals surface area (Å²) in [6, 6.07) is 11.8. The minimum absolute atomic E-state index is 0.612. The Morgan fingerprint density at radius 3 is 2.00 bits per heavy atom. The van der Waals surface area contributed by atoms with E-state index < -0.39 is 0 Å². The van der Waals surface area contributed by atoms with Gasteiger partial charge in [-0.3, -0.25) is 0 Å². The Kier molecular flexibility index (Phi) is 5.27. The Hall–Kier alpha value is -0.405. The van der Waals surface area contributed by atoms with Gasteiger partial charge < -0.3 is 4.81 Å². The highest BCUT2D eigenvalue weighted by Crippen LogP contribution is 2.18. The van der Waals surface area contributed by atoms with Crippen molar-refractivity contribution in [2.45, 2.75) is 44.7 Å². The SMILES string of the molecule is CC(C)N(BSc1ccccc1)C(C)C. The average Bonchev–Trinajstić information content (AvgIpc) is 2.18. The van der Waals surface area contributed by atoms with Crippen molar-refractivity contribution in [3.05, 3.63) is 30.3 Å². The number of nitrogens with zero attached hydrogens (tertiary/aromatic N) is 1. The first-order valence-electron chi connectivity index (χ1n) is 5.55. The Balaban J connectivity index is 2.47. The van der Waals surface area contributed by atoms with Gasteiger partial charge in [-0.25, -0.2) is 0 Å². The smallest absolute Gasteiger partial charge is 0.279 e. The van der Waals surface area contributed by atoms with Gasteiger partial charge in [0.15, 0.2) is 0 Å².